The number of aromatic amines is 1. The van der Waals surface area contributed by atoms with Gasteiger partial charge in [-0.05, 0) is 26.2 Å². The minimum Gasteiger partial charge on any atom is -0.456 e. The normalized spacial score (nSPS) is 12.1. The summed E-state index contributed by atoms with van der Waals surface area (Å²) in [6.07, 6.45) is 3.26. The maximum absolute atomic E-state index is 13.0. The summed E-state index contributed by atoms with van der Waals surface area (Å²) < 4.78 is 29.1. The van der Waals surface area contributed by atoms with E-state index >= 15 is 0 Å². The van der Waals surface area contributed by atoms with Crippen LogP contribution in [0.25, 0.3) is 22.6 Å². The van der Waals surface area contributed by atoms with Gasteiger partial charge in [-0.25, -0.2) is 15.0 Å². The number of aromatic nitrogens is 4. The SMILES string of the molecule is CCOP(=O)(OCC)c1occc1-c1nc2nc(SC)nc(N)c2[nH]1. The van der Waals surface area contributed by atoms with Crippen molar-refractivity contribution in [3.8, 4) is 11.4 Å². The molecule has 0 aliphatic rings. The summed E-state index contributed by atoms with van der Waals surface area (Å²) in [5.41, 5.74) is 7.43. The van der Waals surface area contributed by atoms with Crippen LogP contribution in [0.15, 0.2) is 21.9 Å². The van der Waals surface area contributed by atoms with E-state index in [4.69, 9.17) is 19.2 Å². The molecule has 0 aliphatic carbocycles. The predicted octanol–water partition coefficient (Wildman–Crippen LogP) is 2.81. The van der Waals surface area contributed by atoms with Crippen molar-refractivity contribution in [2.45, 2.75) is 19.0 Å². The molecule has 0 spiro atoms. The van der Waals surface area contributed by atoms with Gasteiger partial charge in [-0.1, -0.05) is 11.8 Å². The molecular formula is C14H18N5O4PS. The van der Waals surface area contributed by atoms with Crippen molar-refractivity contribution < 1.29 is 18.0 Å². The highest BCUT2D eigenvalue weighted by Crippen LogP contribution is 2.49. The van der Waals surface area contributed by atoms with Crippen molar-refractivity contribution in [3.05, 3.63) is 12.3 Å². The van der Waals surface area contributed by atoms with Crippen LogP contribution in [-0.2, 0) is 13.6 Å². The smallest absolute Gasteiger partial charge is 0.397 e. The molecule has 0 atom stereocenters. The van der Waals surface area contributed by atoms with Crippen molar-refractivity contribution in [2.75, 3.05) is 25.2 Å². The Morgan fingerprint density at radius 2 is 2.00 bits per heavy atom. The number of thioether (sulfide) groups is 1. The molecule has 0 aliphatic heterocycles. The first-order valence-corrected chi connectivity index (χ1v) is 10.3. The average molecular weight is 383 g/mol. The third kappa shape index (κ3) is 3.30. The van der Waals surface area contributed by atoms with E-state index in [1.165, 1.54) is 18.0 Å². The van der Waals surface area contributed by atoms with E-state index in [2.05, 4.69) is 19.9 Å². The van der Waals surface area contributed by atoms with Crippen LogP contribution < -0.4 is 11.2 Å². The Bertz CT molecular complexity index is 931. The first-order valence-electron chi connectivity index (χ1n) is 7.57. The third-order valence-electron chi connectivity index (χ3n) is 3.29. The zero-order valence-electron chi connectivity index (χ0n) is 14.0. The Morgan fingerprint density at radius 3 is 2.64 bits per heavy atom. The van der Waals surface area contributed by atoms with Gasteiger partial charge in [0.2, 0.25) is 5.50 Å². The van der Waals surface area contributed by atoms with E-state index in [0.29, 0.717) is 27.7 Å². The molecule has 3 aromatic heterocycles. The monoisotopic (exact) mass is 383 g/mol. The summed E-state index contributed by atoms with van der Waals surface area (Å²) in [5.74, 6) is 0.688. The molecule has 0 amide bonds. The number of hydrogen-bond acceptors (Lipinski definition) is 9. The second kappa shape index (κ2) is 7.17. The zero-order valence-corrected chi connectivity index (χ0v) is 15.7. The van der Waals surface area contributed by atoms with Crippen molar-refractivity contribution >= 4 is 41.8 Å². The van der Waals surface area contributed by atoms with Crippen LogP contribution >= 0.6 is 19.4 Å². The number of fused-ring (bicyclic) bond motifs is 1. The summed E-state index contributed by atoms with van der Waals surface area (Å²) in [6, 6.07) is 1.64. The molecule has 11 heteroatoms. The van der Waals surface area contributed by atoms with Crippen molar-refractivity contribution in [1.82, 2.24) is 19.9 Å². The fourth-order valence-corrected chi connectivity index (χ4v) is 4.33. The van der Waals surface area contributed by atoms with Gasteiger partial charge >= 0.3 is 7.60 Å². The molecule has 0 bridgehead atoms. The Balaban J connectivity index is 2.12. The maximum Gasteiger partial charge on any atom is 0.397 e. The lowest BCUT2D eigenvalue weighted by molar-refractivity contribution is 0.225. The van der Waals surface area contributed by atoms with Gasteiger partial charge in [-0.3, -0.25) is 4.57 Å². The number of rotatable bonds is 7. The average Bonchev–Trinajstić information content (AvgIpc) is 3.22. The predicted molar refractivity (Wildman–Crippen MR) is 96.1 cm³/mol. The minimum absolute atomic E-state index is 0.0897. The molecule has 0 fully saturated rings. The third-order valence-corrected chi connectivity index (χ3v) is 5.88. The summed E-state index contributed by atoms with van der Waals surface area (Å²) in [6.45, 7) is 3.89. The Kier molecular flexibility index (Phi) is 5.14. The van der Waals surface area contributed by atoms with Crippen LogP contribution in [0.3, 0.4) is 0 Å². The maximum atomic E-state index is 13.0. The first-order chi connectivity index (χ1) is 12.0. The summed E-state index contributed by atoms with van der Waals surface area (Å²) >= 11 is 1.37. The Morgan fingerprint density at radius 1 is 1.28 bits per heavy atom. The second-order valence-electron chi connectivity index (χ2n) is 4.85. The number of hydrogen-bond donors (Lipinski definition) is 2. The number of furan rings is 1. The molecule has 0 aromatic carbocycles. The van der Waals surface area contributed by atoms with Crippen LogP contribution in [0.2, 0.25) is 0 Å². The molecule has 3 aromatic rings. The Labute approximate surface area is 148 Å². The molecule has 3 N–H and O–H groups in total. The first kappa shape index (κ1) is 17.9. The molecule has 134 valence electrons. The van der Waals surface area contributed by atoms with Gasteiger partial charge in [-0.15, -0.1) is 0 Å². The summed E-state index contributed by atoms with van der Waals surface area (Å²) in [5, 5.41) is 0.518. The van der Waals surface area contributed by atoms with Gasteiger partial charge in [0.25, 0.3) is 0 Å². The summed E-state index contributed by atoms with van der Waals surface area (Å²) in [4.78, 5) is 16.0. The van der Waals surface area contributed by atoms with Crippen LogP contribution in [0.1, 0.15) is 13.8 Å². The van der Waals surface area contributed by atoms with E-state index in [1.807, 2.05) is 6.26 Å². The largest absolute Gasteiger partial charge is 0.456 e. The summed E-state index contributed by atoms with van der Waals surface area (Å²) in [7, 11) is -3.60. The van der Waals surface area contributed by atoms with Crippen molar-refractivity contribution in [1.29, 1.82) is 0 Å². The molecule has 25 heavy (non-hydrogen) atoms. The van der Waals surface area contributed by atoms with Crippen molar-refractivity contribution in [2.24, 2.45) is 0 Å². The molecule has 3 heterocycles. The second-order valence-corrected chi connectivity index (χ2v) is 7.54. The van der Waals surface area contributed by atoms with Gasteiger partial charge in [0.1, 0.15) is 11.3 Å². The van der Waals surface area contributed by atoms with Crippen LogP contribution in [-0.4, -0.2) is 39.4 Å². The number of nitrogens with one attached hydrogen (secondary N) is 1. The number of nitrogens with zero attached hydrogens (tertiary/aromatic N) is 3. The van der Waals surface area contributed by atoms with Gasteiger partial charge in [-0.2, -0.15) is 0 Å². The number of H-pyrrole nitrogens is 1. The molecule has 0 saturated heterocycles. The quantitative estimate of drug-likeness (QED) is 0.359. The van der Waals surface area contributed by atoms with Gasteiger partial charge in [0.15, 0.2) is 16.6 Å². The van der Waals surface area contributed by atoms with Gasteiger partial charge in [0, 0.05) is 0 Å². The lowest BCUT2D eigenvalue weighted by atomic mass is 10.3. The Hall–Kier alpha value is -1.87. The van der Waals surface area contributed by atoms with Crippen LogP contribution in [0.5, 0.6) is 0 Å². The molecule has 0 unspecified atom stereocenters. The lowest BCUT2D eigenvalue weighted by Crippen LogP contribution is -2.11. The molecule has 0 radical (unpaired) electrons. The van der Waals surface area contributed by atoms with Crippen LogP contribution in [0.4, 0.5) is 5.82 Å². The van der Waals surface area contributed by atoms with E-state index in [1.54, 1.807) is 19.9 Å². The molecular weight excluding hydrogens is 365 g/mol. The van der Waals surface area contributed by atoms with E-state index in [-0.39, 0.29) is 24.5 Å². The highest BCUT2D eigenvalue weighted by atomic mass is 32.2. The molecule has 3 rings (SSSR count). The molecule has 9 nitrogen and oxygen atoms in total. The number of imidazole rings is 1. The standard InChI is InChI=1S/C14H18N5O4PS/c1-4-22-24(20,23-5-2)13-8(6-7-21-13)11-16-9-10(15)17-14(25-3)19-12(9)18-11/h6-7H,4-5H2,1-3H3,(H3,15,16,17,18,19). The highest BCUT2D eigenvalue weighted by molar-refractivity contribution is 7.98. The lowest BCUT2D eigenvalue weighted by Gasteiger charge is -2.15. The van der Waals surface area contributed by atoms with E-state index in [9.17, 15) is 4.57 Å². The fourth-order valence-electron chi connectivity index (χ4n) is 2.30. The van der Waals surface area contributed by atoms with E-state index in [0.717, 1.165) is 0 Å². The van der Waals surface area contributed by atoms with Crippen molar-refractivity contribution in [3.63, 3.8) is 0 Å². The minimum atomic E-state index is -3.60. The van der Waals surface area contributed by atoms with Gasteiger partial charge in [0.05, 0.1) is 25.0 Å². The molecule has 0 saturated carbocycles. The number of nitrogens with two attached hydrogens (primary N) is 1. The number of anilines is 1. The van der Waals surface area contributed by atoms with Gasteiger partial charge < -0.3 is 24.2 Å². The van der Waals surface area contributed by atoms with E-state index < -0.39 is 7.60 Å². The highest BCUT2D eigenvalue weighted by Gasteiger charge is 2.35. The fraction of sp³-hybridized carbons (Fsp3) is 0.357. The van der Waals surface area contributed by atoms with Crippen LogP contribution in [0, 0.1) is 0 Å². The zero-order chi connectivity index (χ0) is 18.0. The topological polar surface area (TPSA) is 129 Å². The number of nitrogen functional groups attached to an aromatic ring is 1.